The maximum atomic E-state index is 9.56. The number of aliphatic hydroxyl groups is 2. The van der Waals surface area contributed by atoms with Crippen molar-refractivity contribution >= 4 is 0 Å². The summed E-state index contributed by atoms with van der Waals surface area (Å²) in [4.78, 5) is 0. The Kier molecular flexibility index (Phi) is 6.71. The molecular weight excluding hydrogens is 304 g/mol. The van der Waals surface area contributed by atoms with Crippen LogP contribution in [0.15, 0.2) is 12.1 Å². The van der Waals surface area contributed by atoms with E-state index in [9.17, 15) is 10.2 Å². The van der Waals surface area contributed by atoms with Crippen LogP contribution in [0, 0.1) is 0 Å². The molecule has 0 aromatic heterocycles. The third-order valence-electron chi connectivity index (χ3n) is 3.66. The number of benzene rings is 1. The summed E-state index contributed by atoms with van der Waals surface area (Å²) in [5.74, 6) is 1.55. The number of hydrogen-bond acceptors (Lipinski definition) is 4. The van der Waals surface area contributed by atoms with Gasteiger partial charge >= 0.3 is 0 Å². The Labute approximate surface area is 146 Å². The van der Waals surface area contributed by atoms with Gasteiger partial charge in [0.05, 0.1) is 12.2 Å². The molecule has 1 rings (SSSR count). The van der Waals surface area contributed by atoms with E-state index in [4.69, 9.17) is 9.47 Å². The van der Waals surface area contributed by atoms with Gasteiger partial charge in [-0.2, -0.15) is 0 Å². The average Bonchev–Trinajstić information content (AvgIpc) is 2.40. The minimum absolute atomic E-state index is 0.132. The van der Waals surface area contributed by atoms with Crippen LogP contribution >= 0.6 is 0 Å². The summed E-state index contributed by atoms with van der Waals surface area (Å²) in [6, 6.07) is 4.03. The van der Waals surface area contributed by atoms with Gasteiger partial charge in [0.2, 0.25) is 0 Å². The van der Waals surface area contributed by atoms with Crippen LogP contribution in [0.3, 0.4) is 0 Å². The lowest BCUT2D eigenvalue weighted by molar-refractivity contribution is 0.118. The molecule has 138 valence electrons. The van der Waals surface area contributed by atoms with E-state index in [0.717, 1.165) is 22.6 Å². The van der Waals surface area contributed by atoms with Crippen molar-refractivity contribution in [3.8, 4) is 11.5 Å². The lowest BCUT2D eigenvalue weighted by atomic mass is 9.81. The highest BCUT2D eigenvalue weighted by Gasteiger charge is 2.27. The molecule has 0 fully saturated rings. The first-order valence-corrected chi connectivity index (χ1v) is 8.63. The van der Waals surface area contributed by atoms with E-state index in [0.29, 0.717) is 0 Å². The van der Waals surface area contributed by atoms with Crippen molar-refractivity contribution in [2.75, 3.05) is 13.2 Å². The molecule has 0 radical (unpaired) electrons. The molecule has 0 heterocycles. The van der Waals surface area contributed by atoms with Gasteiger partial charge in [0.15, 0.2) is 0 Å². The van der Waals surface area contributed by atoms with E-state index in [-0.39, 0.29) is 24.0 Å². The van der Waals surface area contributed by atoms with Crippen molar-refractivity contribution in [3.05, 3.63) is 23.3 Å². The van der Waals surface area contributed by atoms with E-state index in [1.807, 2.05) is 12.1 Å². The fraction of sp³-hybridized carbons (Fsp3) is 0.700. The van der Waals surface area contributed by atoms with Crippen molar-refractivity contribution in [3.63, 3.8) is 0 Å². The van der Waals surface area contributed by atoms with E-state index < -0.39 is 12.2 Å². The van der Waals surface area contributed by atoms with Gasteiger partial charge < -0.3 is 19.7 Å². The maximum absolute atomic E-state index is 9.56. The minimum atomic E-state index is -0.526. The predicted molar refractivity (Wildman–Crippen MR) is 98.2 cm³/mol. The van der Waals surface area contributed by atoms with Gasteiger partial charge in [0, 0.05) is 11.1 Å². The minimum Gasteiger partial charge on any atom is -0.491 e. The monoisotopic (exact) mass is 338 g/mol. The standard InChI is InChI=1S/C20H34O4/c1-13(21)11-23-17-9-16(20(6,7)8)18(24-12-14(2)22)10-15(17)19(3,4)5/h9-10,13-14,21-22H,11-12H2,1-8H3. The summed E-state index contributed by atoms with van der Waals surface area (Å²) in [5, 5.41) is 19.1. The third kappa shape index (κ3) is 5.99. The lowest BCUT2D eigenvalue weighted by Crippen LogP contribution is -2.22. The fourth-order valence-corrected chi connectivity index (χ4v) is 2.39. The molecule has 0 spiro atoms. The molecule has 0 saturated carbocycles. The zero-order valence-electron chi connectivity index (χ0n) is 16.4. The van der Waals surface area contributed by atoms with Crippen LogP contribution in [0.2, 0.25) is 0 Å². The molecular formula is C20H34O4. The zero-order chi connectivity index (χ0) is 18.7. The second-order valence-electron chi connectivity index (χ2n) is 8.66. The number of ether oxygens (including phenoxy) is 2. The second-order valence-corrected chi connectivity index (χ2v) is 8.66. The third-order valence-corrected chi connectivity index (χ3v) is 3.66. The number of aliphatic hydroxyl groups excluding tert-OH is 2. The van der Waals surface area contributed by atoms with Crippen LogP contribution < -0.4 is 9.47 Å². The Morgan fingerprint density at radius 2 is 1.04 bits per heavy atom. The molecule has 0 aliphatic carbocycles. The van der Waals surface area contributed by atoms with E-state index in [2.05, 4.69) is 41.5 Å². The second kappa shape index (κ2) is 7.75. The molecule has 4 heteroatoms. The quantitative estimate of drug-likeness (QED) is 0.828. The van der Waals surface area contributed by atoms with Crippen molar-refractivity contribution < 1.29 is 19.7 Å². The topological polar surface area (TPSA) is 58.9 Å². The SMILES string of the molecule is CC(O)COc1cc(C(C)(C)C)c(OCC(C)O)cc1C(C)(C)C. The highest BCUT2D eigenvalue weighted by Crippen LogP contribution is 2.41. The van der Waals surface area contributed by atoms with Crippen LogP contribution in [0.1, 0.15) is 66.5 Å². The van der Waals surface area contributed by atoms with Gasteiger partial charge in [0.25, 0.3) is 0 Å². The molecule has 1 aromatic carbocycles. The molecule has 2 N–H and O–H groups in total. The highest BCUT2D eigenvalue weighted by atomic mass is 16.5. The Bertz CT molecular complexity index is 484. The van der Waals surface area contributed by atoms with E-state index >= 15 is 0 Å². The molecule has 1 aromatic rings. The van der Waals surface area contributed by atoms with Gasteiger partial charge in [-0.15, -0.1) is 0 Å². The number of rotatable bonds is 6. The summed E-state index contributed by atoms with van der Waals surface area (Å²) in [6.45, 7) is 16.6. The van der Waals surface area contributed by atoms with Crippen molar-refractivity contribution in [2.24, 2.45) is 0 Å². The predicted octanol–water partition coefficient (Wildman–Crippen LogP) is 3.80. The van der Waals surface area contributed by atoms with Crippen molar-refractivity contribution in [1.29, 1.82) is 0 Å². The van der Waals surface area contributed by atoms with Gasteiger partial charge in [-0.3, -0.25) is 0 Å². The summed E-state index contributed by atoms with van der Waals surface area (Å²) >= 11 is 0. The molecule has 0 amide bonds. The molecule has 4 nitrogen and oxygen atoms in total. The first-order valence-electron chi connectivity index (χ1n) is 8.63. The zero-order valence-corrected chi connectivity index (χ0v) is 16.4. The van der Waals surface area contributed by atoms with Gasteiger partial charge in [0.1, 0.15) is 24.7 Å². The molecule has 0 aliphatic heterocycles. The highest BCUT2D eigenvalue weighted by molar-refractivity contribution is 5.51. The van der Waals surface area contributed by atoms with Gasteiger partial charge in [-0.1, -0.05) is 41.5 Å². The van der Waals surface area contributed by atoms with Gasteiger partial charge in [-0.05, 0) is 36.8 Å². The molecule has 0 bridgehead atoms. The van der Waals surface area contributed by atoms with Crippen molar-refractivity contribution in [2.45, 2.75) is 78.4 Å². The summed E-state index contributed by atoms with van der Waals surface area (Å²) < 4.78 is 11.8. The summed E-state index contributed by atoms with van der Waals surface area (Å²) in [6.07, 6.45) is -1.05. The normalized spacial score (nSPS) is 15.1. The van der Waals surface area contributed by atoms with Gasteiger partial charge in [-0.25, -0.2) is 0 Å². The van der Waals surface area contributed by atoms with Crippen LogP contribution in [0.5, 0.6) is 11.5 Å². The van der Waals surface area contributed by atoms with Crippen LogP contribution in [-0.4, -0.2) is 35.6 Å². The van der Waals surface area contributed by atoms with E-state index in [1.54, 1.807) is 13.8 Å². The maximum Gasteiger partial charge on any atom is 0.123 e. The summed E-state index contributed by atoms with van der Waals surface area (Å²) in [7, 11) is 0. The smallest absolute Gasteiger partial charge is 0.123 e. The van der Waals surface area contributed by atoms with Crippen molar-refractivity contribution in [1.82, 2.24) is 0 Å². The number of hydrogen-bond donors (Lipinski definition) is 2. The largest absolute Gasteiger partial charge is 0.491 e. The molecule has 2 unspecified atom stereocenters. The molecule has 2 atom stereocenters. The Morgan fingerprint density at radius 3 is 1.25 bits per heavy atom. The first-order chi connectivity index (χ1) is 10.8. The first kappa shape index (κ1) is 20.8. The molecule has 0 saturated heterocycles. The lowest BCUT2D eigenvalue weighted by Gasteiger charge is -2.29. The van der Waals surface area contributed by atoms with E-state index in [1.165, 1.54) is 0 Å². The Morgan fingerprint density at radius 1 is 0.750 bits per heavy atom. The van der Waals surface area contributed by atoms with Crippen LogP contribution in [-0.2, 0) is 10.8 Å². The van der Waals surface area contributed by atoms with Crippen LogP contribution in [0.25, 0.3) is 0 Å². The Balaban J connectivity index is 3.42. The van der Waals surface area contributed by atoms with Crippen LogP contribution in [0.4, 0.5) is 0 Å². The fourth-order valence-electron chi connectivity index (χ4n) is 2.39. The molecule has 0 aliphatic rings. The Hall–Kier alpha value is -1.26. The molecule has 24 heavy (non-hydrogen) atoms. The summed E-state index contributed by atoms with van der Waals surface area (Å²) in [5.41, 5.74) is 1.79. The average molecular weight is 338 g/mol.